The van der Waals surface area contributed by atoms with Gasteiger partial charge in [-0.15, -0.1) is 38.5 Å². The first-order chi connectivity index (χ1) is 7.15. The highest BCUT2D eigenvalue weighted by Gasteiger charge is 2.51. The topological polar surface area (TPSA) is 43.1 Å². The molecular weight excluding hydrogens is 275 g/mol. The molecule has 3 rings (SSSR count). The van der Waals surface area contributed by atoms with Crippen LogP contribution in [0.2, 0.25) is 0 Å². The molecule has 0 aliphatic heterocycles. The number of halogens is 2. The number of fused-ring (bicyclic) bond motifs is 1. The molecule has 4 nitrogen and oxygen atoms in total. The van der Waals surface area contributed by atoms with E-state index in [0.29, 0.717) is 5.92 Å². The molecule has 1 aliphatic carbocycles. The lowest BCUT2D eigenvalue weighted by Gasteiger charge is -1.96. The number of alkyl halides is 2. The number of thioether (sulfide) groups is 1. The molecule has 0 bridgehead atoms. The average Bonchev–Trinajstić information content (AvgIpc) is 2.54. The first kappa shape index (κ1) is 10.1. The minimum absolute atomic E-state index is 0.389. The van der Waals surface area contributed by atoms with E-state index in [1.165, 1.54) is 11.3 Å². The van der Waals surface area contributed by atoms with E-state index in [-0.39, 0.29) is 0 Å². The molecule has 1 saturated carbocycles. The smallest absolute Gasteiger partial charge is 0.190 e. The summed E-state index contributed by atoms with van der Waals surface area (Å²) in [6.07, 6.45) is 2.48. The Hall–Kier alpha value is -0.0400. The molecule has 2 aromatic rings. The average molecular weight is 281 g/mol. The van der Waals surface area contributed by atoms with Crippen LogP contribution in [0.25, 0.3) is 4.96 Å². The predicted octanol–water partition coefficient (Wildman–Crippen LogP) is 2.47. The molecule has 0 aromatic carbocycles. The second kappa shape index (κ2) is 3.48. The van der Waals surface area contributed by atoms with E-state index < -0.39 is 4.33 Å². The quantitative estimate of drug-likeness (QED) is 0.640. The van der Waals surface area contributed by atoms with E-state index in [9.17, 15) is 0 Å². The van der Waals surface area contributed by atoms with E-state index in [0.717, 1.165) is 21.5 Å². The van der Waals surface area contributed by atoms with Gasteiger partial charge in [-0.05, 0) is 6.42 Å². The second-order valence-electron chi connectivity index (χ2n) is 3.40. The zero-order valence-corrected chi connectivity index (χ0v) is 10.6. The maximum Gasteiger partial charge on any atom is 0.235 e. The van der Waals surface area contributed by atoms with Crippen LogP contribution in [0.15, 0.2) is 10.7 Å². The third-order valence-corrected chi connectivity index (χ3v) is 5.37. The highest BCUT2D eigenvalue weighted by Crippen LogP contribution is 2.54. The largest absolute Gasteiger partial charge is 0.235 e. The number of rotatable bonds is 3. The molecule has 0 saturated heterocycles. The summed E-state index contributed by atoms with van der Waals surface area (Å²) < 4.78 is 2.16. The summed E-state index contributed by atoms with van der Waals surface area (Å²) in [5, 5.41) is 12.0. The van der Waals surface area contributed by atoms with Crippen molar-refractivity contribution in [1.29, 1.82) is 0 Å². The fraction of sp³-hybridized carbons (Fsp3) is 0.571. The molecule has 2 heterocycles. The van der Waals surface area contributed by atoms with Crippen molar-refractivity contribution >= 4 is 51.3 Å². The Morgan fingerprint density at radius 1 is 1.67 bits per heavy atom. The van der Waals surface area contributed by atoms with Gasteiger partial charge in [0.1, 0.15) is 10.7 Å². The lowest BCUT2D eigenvalue weighted by atomic mass is 10.5. The molecule has 8 heteroatoms. The molecule has 0 unspecified atom stereocenters. The predicted molar refractivity (Wildman–Crippen MR) is 61.9 cm³/mol. The van der Waals surface area contributed by atoms with Crippen molar-refractivity contribution < 1.29 is 0 Å². The van der Waals surface area contributed by atoms with E-state index >= 15 is 0 Å². The standard InChI is InChI=1S/C7H6Cl2N4S2/c8-7(9)1-4(7)2-14-6-12-13-3-10-11-5(13)15-6/h3-4H,1-2H2/t4-/m0/s1. The van der Waals surface area contributed by atoms with Gasteiger partial charge in [-0.2, -0.15) is 4.52 Å². The Labute approximate surface area is 104 Å². The van der Waals surface area contributed by atoms with Crippen LogP contribution >= 0.6 is 46.3 Å². The molecule has 80 valence electrons. The molecule has 0 N–H and O–H groups in total. The summed E-state index contributed by atoms with van der Waals surface area (Å²) in [6, 6.07) is 0. The number of aromatic nitrogens is 4. The van der Waals surface area contributed by atoms with Gasteiger partial charge in [0.15, 0.2) is 4.34 Å². The Morgan fingerprint density at radius 2 is 2.47 bits per heavy atom. The zero-order chi connectivity index (χ0) is 10.5. The summed E-state index contributed by atoms with van der Waals surface area (Å²) in [6.45, 7) is 0. The van der Waals surface area contributed by atoms with Gasteiger partial charge < -0.3 is 0 Å². The molecule has 1 atom stereocenters. The van der Waals surface area contributed by atoms with E-state index in [4.69, 9.17) is 23.2 Å². The molecule has 1 fully saturated rings. The number of hydrogen-bond donors (Lipinski definition) is 0. The Balaban J connectivity index is 1.66. The van der Waals surface area contributed by atoms with Gasteiger partial charge in [0.25, 0.3) is 0 Å². The fourth-order valence-corrected chi connectivity index (χ4v) is 4.04. The first-order valence-electron chi connectivity index (χ1n) is 4.32. The van der Waals surface area contributed by atoms with Gasteiger partial charge in [-0.1, -0.05) is 23.1 Å². The van der Waals surface area contributed by atoms with Crippen molar-refractivity contribution in [2.24, 2.45) is 5.92 Å². The zero-order valence-electron chi connectivity index (χ0n) is 7.43. The SMILES string of the molecule is ClC1(Cl)C[C@H]1CSc1nn2cnnc2s1. The third kappa shape index (κ3) is 1.95. The summed E-state index contributed by atoms with van der Waals surface area (Å²) in [4.78, 5) is 0.816. The molecule has 0 radical (unpaired) electrons. The van der Waals surface area contributed by atoms with Crippen LogP contribution in [0.5, 0.6) is 0 Å². The summed E-state index contributed by atoms with van der Waals surface area (Å²) in [5.74, 6) is 1.30. The summed E-state index contributed by atoms with van der Waals surface area (Å²) in [7, 11) is 0. The highest BCUT2D eigenvalue weighted by atomic mass is 35.5. The van der Waals surface area contributed by atoms with Gasteiger partial charge >= 0.3 is 0 Å². The van der Waals surface area contributed by atoms with Crippen molar-refractivity contribution in [3.05, 3.63) is 6.33 Å². The molecule has 2 aromatic heterocycles. The monoisotopic (exact) mass is 280 g/mol. The van der Waals surface area contributed by atoms with Gasteiger partial charge in [0.05, 0.1) is 0 Å². The lowest BCUT2D eigenvalue weighted by Crippen LogP contribution is -1.92. The van der Waals surface area contributed by atoms with Gasteiger partial charge in [0, 0.05) is 11.7 Å². The van der Waals surface area contributed by atoms with Crippen LogP contribution in [0.3, 0.4) is 0 Å². The number of hydrogen-bond acceptors (Lipinski definition) is 5. The van der Waals surface area contributed by atoms with Crippen molar-refractivity contribution in [3.63, 3.8) is 0 Å². The number of nitrogens with zero attached hydrogens (tertiary/aromatic N) is 4. The van der Waals surface area contributed by atoms with Gasteiger partial charge in [0.2, 0.25) is 4.96 Å². The van der Waals surface area contributed by atoms with Gasteiger partial charge in [-0.3, -0.25) is 0 Å². The maximum absolute atomic E-state index is 5.94. The highest BCUT2D eigenvalue weighted by molar-refractivity contribution is 8.01. The first-order valence-corrected chi connectivity index (χ1v) is 6.88. The Morgan fingerprint density at radius 3 is 3.13 bits per heavy atom. The lowest BCUT2D eigenvalue weighted by molar-refractivity contribution is 0.898. The Bertz CT molecular complexity index is 465. The van der Waals surface area contributed by atoms with Crippen molar-refractivity contribution in [2.75, 3.05) is 5.75 Å². The third-order valence-electron chi connectivity index (χ3n) is 2.23. The van der Waals surface area contributed by atoms with Crippen molar-refractivity contribution in [1.82, 2.24) is 19.8 Å². The van der Waals surface area contributed by atoms with Gasteiger partial charge in [-0.25, -0.2) is 0 Å². The fourth-order valence-electron chi connectivity index (χ4n) is 1.22. The van der Waals surface area contributed by atoms with E-state index in [1.54, 1.807) is 22.6 Å². The molecule has 1 aliphatic rings. The van der Waals surface area contributed by atoms with Crippen LogP contribution in [-0.2, 0) is 0 Å². The molecule has 15 heavy (non-hydrogen) atoms. The van der Waals surface area contributed by atoms with Crippen LogP contribution in [0.1, 0.15) is 6.42 Å². The minimum atomic E-state index is -0.494. The van der Waals surface area contributed by atoms with Crippen LogP contribution in [0.4, 0.5) is 0 Å². The Kier molecular flexibility index (Phi) is 2.35. The molecular formula is C7H6Cl2N4S2. The second-order valence-corrected chi connectivity index (χ2v) is 7.16. The van der Waals surface area contributed by atoms with Crippen LogP contribution < -0.4 is 0 Å². The normalized spacial score (nSPS) is 23.5. The summed E-state index contributed by atoms with van der Waals surface area (Å²) in [5.41, 5.74) is 0. The molecule has 0 amide bonds. The van der Waals surface area contributed by atoms with E-state index in [2.05, 4.69) is 15.3 Å². The van der Waals surface area contributed by atoms with Crippen molar-refractivity contribution in [2.45, 2.75) is 15.1 Å². The van der Waals surface area contributed by atoms with E-state index in [1.807, 2.05) is 0 Å². The van der Waals surface area contributed by atoms with Crippen LogP contribution in [-0.4, -0.2) is 29.9 Å². The maximum atomic E-state index is 5.94. The van der Waals surface area contributed by atoms with Crippen molar-refractivity contribution in [3.8, 4) is 0 Å². The molecule has 0 spiro atoms. The minimum Gasteiger partial charge on any atom is -0.190 e. The summed E-state index contributed by atoms with van der Waals surface area (Å²) >= 11 is 15.1. The van der Waals surface area contributed by atoms with Crippen LogP contribution in [0, 0.1) is 5.92 Å².